The Balaban J connectivity index is 0.00000160. The standard InChI is InChI=1S/C22H26N4O2.2ClH/c27-22(9-4-17-10-12-23-13-11-17)25-18-5-7-20(8-6-18)28-16-19-15-26-14-2-1-3-21(26)24-19;;/h1-3,5-8,14-15,17,23H,4,9-13,16H2,(H,25,27);2*1H. The fraction of sp³-hybridized carbons (Fsp3) is 0.364. The number of ether oxygens (including phenoxy) is 1. The number of piperidine rings is 1. The number of carbonyl (C=O) groups is 1. The van der Waals surface area contributed by atoms with E-state index in [4.69, 9.17) is 4.74 Å². The van der Waals surface area contributed by atoms with Gasteiger partial charge in [0.25, 0.3) is 0 Å². The van der Waals surface area contributed by atoms with Crippen LogP contribution in [0, 0.1) is 5.92 Å². The molecule has 8 heteroatoms. The van der Waals surface area contributed by atoms with Crippen molar-refractivity contribution in [3.05, 3.63) is 60.6 Å². The van der Waals surface area contributed by atoms with Crippen LogP contribution in [0.25, 0.3) is 5.65 Å². The average molecular weight is 451 g/mol. The molecule has 0 spiro atoms. The normalized spacial score (nSPS) is 13.9. The smallest absolute Gasteiger partial charge is 0.224 e. The Kier molecular flexibility index (Phi) is 9.43. The van der Waals surface area contributed by atoms with E-state index in [0.717, 1.165) is 42.3 Å². The maximum absolute atomic E-state index is 12.2. The first-order chi connectivity index (χ1) is 13.8. The number of hydrogen-bond donors (Lipinski definition) is 2. The summed E-state index contributed by atoms with van der Waals surface area (Å²) >= 11 is 0. The molecule has 0 radical (unpaired) electrons. The van der Waals surface area contributed by atoms with Gasteiger partial charge in [0.2, 0.25) is 5.91 Å². The minimum atomic E-state index is 0. The Hall–Kier alpha value is -2.28. The summed E-state index contributed by atoms with van der Waals surface area (Å²) in [7, 11) is 0. The highest BCUT2D eigenvalue weighted by Crippen LogP contribution is 2.20. The van der Waals surface area contributed by atoms with Crippen molar-refractivity contribution in [1.29, 1.82) is 0 Å². The van der Waals surface area contributed by atoms with Crippen LogP contribution in [0.5, 0.6) is 5.75 Å². The van der Waals surface area contributed by atoms with Gasteiger partial charge in [0.05, 0.1) is 5.69 Å². The van der Waals surface area contributed by atoms with Crippen molar-refractivity contribution in [3.8, 4) is 5.75 Å². The zero-order chi connectivity index (χ0) is 19.2. The number of aromatic nitrogens is 2. The van der Waals surface area contributed by atoms with E-state index < -0.39 is 0 Å². The molecule has 1 fully saturated rings. The molecular weight excluding hydrogens is 423 g/mol. The number of nitrogens with one attached hydrogen (secondary N) is 2. The molecule has 3 aromatic rings. The van der Waals surface area contributed by atoms with Gasteiger partial charge < -0.3 is 19.8 Å². The predicted octanol–water partition coefficient (Wildman–Crippen LogP) is 4.48. The third-order valence-corrected chi connectivity index (χ3v) is 5.18. The molecule has 2 aromatic heterocycles. The number of benzene rings is 1. The van der Waals surface area contributed by atoms with E-state index in [9.17, 15) is 4.79 Å². The summed E-state index contributed by atoms with van der Waals surface area (Å²) in [6, 6.07) is 13.4. The molecule has 30 heavy (non-hydrogen) atoms. The molecule has 0 unspecified atom stereocenters. The van der Waals surface area contributed by atoms with E-state index in [-0.39, 0.29) is 30.7 Å². The zero-order valence-electron chi connectivity index (χ0n) is 16.8. The molecule has 1 aliphatic heterocycles. The van der Waals surface area contributed by atoms with Crippen molar-refractivity contribution < 1.29 is 9.53 Å². The quantitative estimate of drug-likeness (QED) is 0.556. The largest absolute Gasteiger partial charge is 0.487 e. The number of rotatable bonds is 7. The van der Waals surface area contributed by atoms with Gasteiger partial charge in [0.15, 0.2) is 0 Å². The minimum Gasteiger partial charge on any atom is -0.487 e. The van der Waals surface area contributed by atoms with Crippen LogP contribution in [-0.4, -0.2) is 28.4 Å². The van der Waals surface area contributed by atoms with Gasteiger partial charge in [-0.2, -0.15) is 0 Å². The molecule has 1 aromatic carbocycles. The van der Waals surface area contributed by atoms with Crippen molar-refractivity contribution >= 4 is 42.1 Å². The van der Waals surface area contributed by atoms with E-state index in [2.05, 4.69) is 15.6 Å². The Bertz CT molecular complexity index is 891. The summed E-state index contributed by atoms with van der Waals surface area (Å²) in [6.45, 7) is 2.55. The van der Waals surface area contributed by atoms with Crippen LogP contribution in [0.15, 0.2) is 54.9 Å². The molecule has 3 heterocycles. The number of imidazole rings is 1. The van der Waals surface area contributed by atoms with Gasteiger partial charge in [-0.1, -0.05) is 6.07 Å². The number of fused-ring (bicyclic) bond motifs is 1. The van der Waals surface area contributed by atoms with Crippen molar-refractivity contribution in [2.75, 3.05) is 18.4 Å². The molecule has 0 bridgehead atoms. The first kappa shape index (κ1) is 24.0. The molecule has 0 atom stereocenters. The van der Waals surface area contributed by atoms with E-state index in [1.54, 1.807) is 0 Å². The molecule has 1 aliphatic rings. The topological polar surface area (TPSA) is 67.7 Å². The minimum absolute atomic E-state index is 0. The summed E-state index contributed by atoms with van der Waals surface area (Å²) in [5, 5.41) is 6.33. The zero-order valence-corrected chi connectivity index (χ0v) is 18.4. The maximum atomic E-state index is 12.2. The van der Waals surface area contributed by atoms with Crippen molar-refractivity contribution in [1.82, 2.24) is 14.7 Å². The van der Waals surface area contributed by atoms with Crippen molar-refractivity contribution in [3.63, 3.8) is 0 Å². The Labute approximate surface area is 189 Å². The molecular formula is C22H28Cl2N4O2. The lowest BCUT2D eigenvalue weighted by atomic mass is 9.93. The molecule has 0 aliphatic carbocycles. The van der Waals surface area contributed by atoms with Gasteiger partial charge >= 0.3 is 0 Å². The van der Waals surface area contributed by atoms with Crippen LogP contribution < -0.4 is 15.4 Å². The van der Waals surface area contributed by atoms with Crippen LogP contribution >= 0.6 is 24.8 Å². The third kappa shape index (κ3) is 6.62. The maximum Gasteiger partial charge on any atom is 0.224 e. The van der Waals surface area contributed by atoms with Gasteiger partial charge in [0.1, 0.15) is 18.0 Å². The van der Waals surface area contributed by atoms with Gasteiger partial charge in [-0.05, 0) is 74.7 Å². The predicted molar refractivity (Wildman–Crippen MR) is 124 cm³/mol. The van der Waals surface area contributed by atoms with E-state index in [1.807, 2.05) is 59.3 Å². The van der Waals surface area contributed by atoms with Crippen LogP contribution in [0.3, 0.4) is 0 Å². The Morgan fingerprint density at radius 1 is 1.13 bits per heavy atom. The van der Waals surface area contributed by atoms with Gasteiger partial charge in [-0.15, -0.1) is 24.8 Å². The van der Waals surface area contributed by atoms with Crippen LogP contribution in [0.4, 0.5) is 5.69 Å². The fourth-order valence-corrected chi connectivity index (χ4v) is 3.58. The molecule has 2 N–H and O–H groups in total. The SMILES string of the molecule is Cl.Cl.O=C(CCC1CCNCC1)Nc1ccc(OCc2cn3ccccc3n2)cc1. The second kappa shape index (κ2) is 11.8. The van der Waals surface area contributed by atoms with Crippen LogP contribution in [-0.2, 0) is 11.4 Å². The molecule has 162 valence electrons. The average Bonchev–Trinajstić information content (AvgIpc) is 3.16. The van der Waals surface area contributed by atoms with Crippen LogP contribution in [0.2, 0.25) is 0 Å². The van der Waals surface area contributed by atoms with Gasteiger partial charge in [0, 0.05) is 24.5 Å². The number of hydrogen-bond acceptors (Lipinski definition) is 4. The number of pyridine rings is 1. The number of anilines is 1. The molecule has 1 amide bonds. The number of halogens is 2. The first-order valence-corrected chi connectivity index (χ1v) is 9.92. The first-order valence-electron chi connectivity index (χ1n) is 9.92. The second-order valence-electron chi connectivity index (χ2n) is 7.29. The monoisotopic (exact) mass is 450 g/mol. The fourth-order valence-electron chi connectivity index (χ4n) is 3.58. The van der Waals surface area contributed by atoms with E-state index >= 15 is 0 Å². The summed E-state index contributed by atoms with van der Waals surface area (Å²) in [5.74, 6) is 1.50. The lowest BCUT2D eigenvalue weighted by Crippen LogP contribution is -2.28. The number of carbonyl (C=O) groups excluding carboxylic acids is 1. The highest BCUT2D eigenvalue weighted by molar-refractivity contribution is 5.90. The summed E-state index contributed by atoms with van der Waals surface area (Å²) in [4.78, 5) is 16.7. The lowest BCUT2D eigenvalue weighted by molar-refractivity contribution is -0.116. The Morgan fingerprint density at radius 3 is 2.63 bits per heavy atom. The molecule has 1 saturated heterocycles. The number of nitrogens with zero attached hydrogens (tertiary/aromatic N) is 2. The third-order valence-electron chi connectivity index (χ3n) is 5.18. The summed E-state index contributed by atoms with van der Waals surface area (Å²) in [6.07, 6.45) is 7.82. The molecule has 6 nitrogen and oxygen atoms in total. The lowest BCUT2D eigenvalue weighted by Gasteiger charge is -2.22. The van der Waals surface area contributed by atoms with E-state index in [1.165, 1.54) is 12.8 Å². The Morgan fingerprint density at radius 2 is 1.90 bits per heavy atom. The summed E-state index contributed by atoms with van der Waals surface area (Å²) < 4.78 is 7.79. The molecule has 0 saturated carbocycles. The van der Waals surface area contributed by atoms with Gasteiger partial charge in [-0.25, -0.2) is 4.98 Å². The highest BCUT2D eigenvalue weighted by Gasteiger charge is 2.14. The second-order valence-corrected chi connectivity index (χ2v) is 7.29. The van der Waals surface area contributed by atoms with Crippen LogP contribution in [0.1, 0.15) is 31.4 Å². The number of amides is 1. The highest BCUT2D eigenvalue weighted by atomic mass is 35.5. The molecule has 4 rings (SSSR count). The summed E-state index contributed by atoms with van der Waals surface area (Å²) in [5.41, 5.74) is 2.58. The van der Waals surface area contributed by atoms with E-state index in [0.29, 0.717) is 18.9 Å². The van der Waals surface area contributed by atoms with Gasteiger partial charge in [-0.3, -0.25) is 4.79 Å². The van der Waals surface area contributed by atoms with Crippen molar-refractivity contribution in [2.45, 2.75) is 32.3 Å². The van der Waals surface area contributed by atoms with Crippen molar-refractivity contribution in [2.24, 2.45) is 5.92 Å².